The lowest BCUT2D eigenvalue weighted by atomic mass is 10.1. The Bertz CT molecular complexity index is 1080. The van der Waals surface area contributed by atoms with Crippen LogP contribution < -0.4 is 20.1 Å². The molecular formula is C22H22N4O3. The fourth-order valence-corrected chi connectivity index (χ4v) is 3.13. The van der Waals surface area contributed by atoms with Gasteiger partial charge in [-0.15, -0.1) is 0 Å². The first-order valence-electron chi connectivity index (χ1n) is 9.39. The number of hydrogen-bond donors (Lipinski definition) is 2. The number of fused-ring (bicyclic) bond motifs is 1. The molecule has 0 aliphatic carbocycles. The molecule has 0 atom stereocenters. The summed E-state index contributed by atoms with van der Waals surface area (Å²) in [5.41, 5.74) is 4.74. The second kappa shape index (κ2) is 7.79. The highest BCUT2D eigenvalue weighted by molar-refractivity contribution is 6.03. The zero-order valence-corrected chi connectivity index (χ0v) is 16.6. The van der Waals surface area contributed by atoms with Crippen LogP contribution in [0.5, 0.6) is 11.5 Å². The van der Waals surface area contributed by atoms with Gasteiger partial charge >= 0.3 is 0 Å². The number of benzene rings is 2. The molecule has 0 fully saturated rings. The molecule has 29 heavy (non-hydrogen) atoms. The number of carbonyl (C=O) groups excluding carboxylic acids is 1. The lowest BCUT2D eigenvalue weighted by Crippen LogP contribution is -2.17. The fourth-order valence-electron chi connectivity index (χ4n) is 3.13. The van der Waals surface area contributed by atoms with E-state index >= 15 is 0 Å². The van der Waals surface area contributed by atoms with Gasteiger partial charge in [-0.3, -0.25) is 4.79 Å². The molecule has 4 rings (SSSR count). The SMILES string of the molecule is Cc1ccc(Nc2nc(C)cc(C(=O)Nc3ccc4c(c3)OCCO4)n2)c(C)c1. The van der Waals surface area contributed by atoms with Crippen LogP contribution in [0.1, 0.15) is 27.3 Å². The summed E-state index contributed by atoms with van der Waals surface area (Å²) in [4.78, 5) is 21.5. The van der Waals surface area contributed by atoms with Gasteiger partial charge in [-0.05, 0) is 50.6 Å². The normalized spacial score (nSPS) is 12.4. The third-order valence-corrected chi connectivity index (χ3v) is 4.52. The molecular weight excluding hydrogens is 368 g/mol. The minimum absolute atomic E-state index is 0.277. The molecule has 148 valence electrons. The van der Waals surface area contributed by atoms with E-state index in [2.05, 4.69) is 26.7 Å². The van der Waals surface area contributed by atoms with E-state index in [9.17, 15) is 4.79 Å². The Morgan fingerprint density at radius 2 is 1.72 bits per heavy atom. The molecule has 2 N–H and O–H groups in total. The summed E-state index contributed by atoms with van der Waals surface area (Å²) in [5, 5.41) is 6.05. The van der Waals surface area contributed by atoms with Crippen LogP contribution >= 0.6 is 0 Å². The molecule has 2 aromatic carbocycles. The zero-order chi connectivity index (χ0) is 20.4. The Morgan fingerprint density at radius 1 is 0.931 bits per heavy atom. The number of aromatic nitrogens is 2. The van der Waals surface area contributed by atoms with Crippen LogP contribution in [0.2, 0.25) is 0 Å². The number of hydrogen-bond acceptors (Lipinski definition) is 6. The molecule has 1 aliphatic rings. The molecule has 7 heteroatoms. The van der Waals surface area contributed by atoms with E-state index in [-0.39, 0.29) is 11.6 Å². The van der Waals surface area contributed by atoms with Crippen molar-refractivity contribution in [3.05, 3.63) is 65.0 Å². The number of carbonyl (C=O) groups is 1. The molecule has 0 saturated carbocycles. The summed E-state index contributed by atoms with van der Waals surface area (Å²) in [6.07, 6.45) is 0. The van der Waals surface area contributed by atoms with Gasteiger partial charge in [0.1, 0.15) is 18.9 Å². The number of amides is 1. The van der Waals surface area contributed by atoms with Crippen LogP contribution in [-0.4, -0.2) is 29.1 Å². The molecule has 0 bridgehead atoms. The summed E-state index contributed by atoms with van der Waals surface area (Å²) in [5.74, 6) is 1.34. The van der Waals surface area contributed by atoms with Crippen LogP contribution in [0.25, 0.3) is 0 Å². The summed E-state index contributed by atoms with van der Waals surface area (Å²) in [6.45, 7) is 6.90. The van der Waals surface area contributed by atoms with Gasteiger partial charge in [0.05, 0.1) is 0 Å². The first-order chi connectivity index (χ1) is 14.0. The molecule has 7 nitrogen and oxygen atoms in total. The van der Waals surface area contributed by atoms with E-state index in [0.717, 1.165) is 11.3 Å². The topological polar surface area (TPSA) is 85.4 Å². The predicted octanol–water partition coefficient (Wildman–Crippen LogP) is 4.17. The summed E-state index contributed by atoms with van der Waals surface area (Å²) >= 11 is 0. The minimum atomic E-state index is -0.323. The highest BCUT2D eigenvalue weighted by Crippen LogP contribution is 2.32. The molecule has 0 saturated heterocycles. The Hall–Kier alpha value is -3.61. The summed E-state index contributed by atoms with van der Waals surface area (Å²) in [7, 11) is 0. The number of nitrogens with one attached hydrogen (secondary N) is 2. The fraction of sp³-hybridized carbons (Fsp3) is 0.227. The van der Waals surface area contributed by atoms with Crippen molar-refractivity contribution in [2.45, 2.75) is 20.8 Å². The van der Waals surface area contributed by atoms with E-state index in [1.54, 1.807) is 24.3 Å². The van der Waals surface area contributed by atoms with E-state index in [1.165, 1.54) is 5.56 Å². The second-order valence-corrected chi connectivity index (χ2v) is 6.97. The van der Waals surface area contributed by atoms with Crippen LogP contribution in [-0.2, 0) is 0 Å². The first-order valence-corrected chi connectivity index (χ1v) is 9.39. The maximum absolute atomic E-state index is 12.7. The number of aryl methyl sites for hydroxylation is 3. The average Bonchev–Trinajstić information content (AvgIpc) is 2.69. The van der Waals surface area contributed by atoms with Gasteiger partial charge < -0.3 is 20.1 Å². The molecule has 0 radical (unpaired) electrons. The van der Waals surface area contributed by atoms with Crippen molar-refractivity contribution in [2.24, 2.45) is 0 Å². The molecule has 1 aliphatic heterocycles. The van der Waals surface area contributed by atoms with Gasteiger partial charge in [0.2, 0.25) is 5.95 Å². The lowest BCUT2D eigenvalue weighted by Gasteiger charge is -2.19. The Morgan fingerprint density at radius 3 is 2.52 bits per heavy atom. The minimum Gasteiger partial charge on any atom is -0.486 e. The quantitative estimate of drug-likeness (QED) is 0.695. The molecule has 3 aromatic rings. The highest BCUT2D eigenvalue weighted by atomic mass is 16.6. The standard InChI is InChI=1S/C22H22N4O3/c1-13-4-6-17(14(2)10-13)25-22-23-15(3)11-18(26-22)21(27)24-16-5-7-19-20(12-16)29-9-8-28-19/h4-7,10-12H,8-9H2,1-3H3,(H,24,27)(H,23,25,26). The summed E-state index contributed by atoms with van der Waals surface area (Å²) < 4.78 is 11.1. The van der Waals surface area contributed by atoms with E-state index in [0.29, 0.717) is 42.0 Å². The van der Waals surface area contributed by atoms with Gasteiger partial charge in [0, 0.05) is 23.1 Å². The zero-order valence-electron chi connectivity index (χ0n) is 16.6. The summed E-state index contributed by atoms with van der Waals surface area (Å²) in [6, 6.07) is 13.0. The van der Waals surface area contributed by atoms with Gasteiger partial charge in [0.25, 0.3) is 5.91 Å². The van der Waals surface area contributed by atoms with Crippen molar-refractivity contribution in [3.63, 3.8) is 0 Å². The Balaban J connectivity index is 1.54. The molecule has 0 unspecified atom stereocenters. The van der Waals surface area contributed by atoms with Crippen molar-refractivity contribution in [3.8, 4) is 11.5 Å². The van der Waals surface area contributed by atoms with Gasteiger partial charge in [-0.25, -0.2) is 9.97 Å². The van der Waals surface area contributed by atoms with E-state index in [1.807, 2.05) is 32.9 Å². The monoisotopic (exact) mass is 390 g/mol. The molecule has 0 spiro atoms. The van der Waals surface area contributed by atoms with Gasteiger partial charge in [-0.1, -0.05) is 17.7 Å². The number of ether oxygens (including phenoxy) is 2. The predicted molar refractivity (Wildman–Crippen MR) is 111 cm³/mol. The Kier molecular flexibility index (Phi) is 5.03. The lowest BCUT2D eigenvalue weighted by molar-refractivity contribution is 0.102. The van der Waals surface area contributed by atoms with Crippen molar-refractivity contribution >= 4 is 23.2 Å². The van der Waals surface area contributed by atoms with E-state index < -0.39 is 0 Å². The second-order valence-electron chi connectivity index (χ2n) is 6.97. The third kappa shape index (κ3) is 4.29. The molecule has 1 aromatic heterocycles. The number of nitrogens with zero attached hydrogens (tertiary/aromatic N) is 2. The average molecular weight is 390 g/mol. The van der Waals surface area contributed by atoms with Crippen molar-refractivity contribution in [2.75, 3.05) is 23.8 Å². The van der Waals surface area contributed by atoms with Gasteiger partial charge in [0.15, 0.2) is 11.5 Å². The maximum atomic E-state index is 12.7. The molecule has 2 heterocycles. The Labute approximate surface area is 169 Å². The third-order valence-electron chi connectivity index (χ3n) is 4.52. The molecule has 1 amide bonds. The van der Waals surface area contributed by atoms with Crippen LogP contribution in [0.15, 0.2) is 42.5 Å². The smallest absolute Gasteiger partial charge is 0.274 e. The maximum Gasteiger partial charge on any atom is 0.274 e. The largest absolute Gasteiger partial charge is 0.486 e. The van der Waals surface area contributed by atoms with Gasteiger partial charge in [-0.2, -0.15) is 0 Å². The van der Waals surface area contributed by atoms with Crippen LogP contribution in [0.4, 0.5) is 17.3 Å². The van der Waals surface area contributed by atoms with Crippen molar-refractivity contribution in [1.29, 1.82) is 0 Å². The first kappa shape index (κ1) is 18.7. The van der Waals surface area contributed by atoms with Crippen molar-refractivity contribution in [1.82, 2.24) is 9.97 Å². The number of rotatable bonds is 4. The number of anilines is 3. The van der Waals surface area contributed by atoms with Crippen molar-refractivity contribution < 1.29 is 14.3 Å². The highest BCUT2D eigenvalue weighted by Gasteiger charge is 2.15. The van der Waals surface area contributed by atoms with Crippen LogP contribution in [0, 0.1) is 20.8 Å². The van der Waals surface area contributed by atoms with Crippen LogP contribution in [0.3, 0.4) is 0 Å². The van der Waals surface area contributed by atoms with E-state index in [4.69, 9.17) is 9.47 Å².